The molecule has 0 unspecified atom stereocenters. The van der Waals surface area contributed by atoms with Gasteiger partial charge in [0.15, 0.2) is 0 Å². The number of nitrogens with one attached hydrogen (secondary N) is 1. The van der Waals surface area contributed by atoms with Crippen molar-refractivity contribution in [2.45, 2.75) is 19.4 Å². The van der Waals surface area contributed by atoms with Gasteiger partial charge in [-0.25, -0.2) is 4.98 Å². The molecule has 0 radical (unpaired) electrons. The van der Waals surface area contributed by atoms with Gasteiger partial charge in [0, 0.05) is 43.0 Å². The number of carbonyl (C=O) groups excluding carboxylic acids is 1. The van der Waals surface area contributed by atoms with E-state index in [9.17, 15) is 9.59 Å². The standard InChI is InChI=1S/C19H20N4O3S/c24-17-16-13(14-2-1-9-26-14)11-27-18(16)21-15(20-17)10-22-5-7-23(8-6-22)19(25)12-3-4-12/h1-2,9,11-12H,3-8,10H2,(H,20,21,24). The molecular weight excluding hydrogens is 364 g/mol. The second-order valence-electron chi connectivity index (χ2n) is 7.20. The molecule has 2 fully saturated rings. The molecule has 3 aromatic heterocycles. The summed E-state index contributed by atoms with van der Waals surface area (Å²) in [5, 5.41) is 2.50. The minimum absolute atomic E-state index is 0.134. The third kappa shape index (κ3) is 3.19. The highest BCUT2D eigenvalue weighted by atomic mass is 32.1. The molecular formula is C19H20N4O3S. The Morgan fingerprint density at radius 1 is 1.30 bits per heavy atom. The van der Waals surface area contributed by atoms with Crippen LogP contribution in [-0.2, 0) is 11.3 Å². The number of H-pyrrole nitrogens is 1. The average Bonchev–Trinajstić information content (AvgIpc) is 3.20. The monoisotopic (exact) mass is 384 g/mol. The van der Waals surface area contributed by atoms with Gasteiger partial charge in [0.2, 0.25) is 5.91 Å². The number of carbonyl (C=O) groups is 1. The minimum Gasteiger partial charge on any atom is -0.464 e. The molecule has 1 saturated carbocycles. The van der Waals surface area contributed by atoms with E-state index in [1.165, 1.54) is 11.3 Å². The normalized spacial score (nSPS) is 18.3. The molecule has 7 nitrogen and oxygen atoms in total. The number of fused-ring (bicyclic) bond motifs is 1. The van der Waals surface area contributed by atoms with Crippen molar-refractivity contribution in [1.82, 2.24) is 19.8 Å². The first-order valence-electron chi connectivity index (χ1n) is 9.24. The Morgan fingerprint density at radius 3 is 2.81 bits per heavy atom. The van der Waals surface area contributed by atoms with Crippen LogP contribution < -0.4 is 5.56 Å². The van der Waals surface area contributed by atoms with Crippen LogP contribution in [0.5, 0.6) is 0 Å². The fourth-order valence-electron chi connectivity index (χ4n) is 3.61. The lowest BCUT2D eigenvalue weighted by Gasteiger charge is -2.34. The summed E-state index contributed by atoms with van der Waals surface area (Å²) in [7, 11) is 0. The van der Waals surface area contributed by atoms with E-state index in [2.05, 4.69) is 14.9 Å². The molecule has 0 aromatic carbocycles. The van der Waals surface area contributed by atoms with E-state index >= 15 is 0 Å². The average molecular weight is 384 g/mol. The summed E-state index contributed by atoms with van der Waals surface area (Å²) in [5.74, 6) is 1.94. The van der Waals surface area contributed by atoms with Crippen molar-refractivity contribution in [1.29, 1.82) is 0 Å². The number of thiophene rings is 1. The van der Waals surface area contributed by atoms with Crippen LogP contribution in [0.2, 0.25) is 0 Å². The maximum absolute atomic E-state index is 12.6. The van der Waals surface area contributed by atoms with Gasteiger partial charge < -0.3 is 14.3 Å². The van der Waals surface area contributed by atoms with E-state index in [4.69, 9.17) is 4.42 Å². The van der Waals surface area contributed by atoms with Gasteiger partial charge in [0.25, 0.3) is 5.56 Å². The zero-order chi connectivity index (χ0) is 18.4. The van der Waals surface area contributed by atoms with Crippen molar-refractivity contribution >= 4 is 27.5 Å². The highest BCUT2D eigenvalue weighted by molar-refractivity contribution is 7.17. The summed E-state index contributed by atoms with van der Waals surface area (Å²) < 4.78 is 5.43. The van der Waals surface area contributed by atoms with Gasteiger partial charge in [0.05, 0.1) is 18.2 Å². The summed E-state index contributed by atoms with van der Waals surface area (Å²) in [6.45, 7) is 3.71. The van der Waals surface area contributed by atoms with Crippen LogP contribution >= 0.6 is 11.3 Å². The van der Waals surface area contributed by atoms with Gasteiger partial charge in [0.1, 0.15) is 16.4 Å². The quantitative estimate of drug-likeness (QED) is 0.746. The number of aromatic nitrogens is 2. The van der Waals surface area contributed by atoms with Crippen molar-refractivity contribution in [2.75, 3.05) is 26.2 Å². The first-order valence-corrected chi connectivity index (χ1v) is 10.1. The van der Waals surface area contributed by atoms with Crippen molar-refractivity contribution in [2.24, 2.45) is 5.92 Å². The number of aromatic amines is 1. The maximum Gasteiger partial charge on any atom is 0.260 e. The first-order chi connectivity index (χ1) is 13.2. The third-order valence-electron chi connectivity index (χ3n) is 5.26. The predicted octanol–water partition coefficient (Wildman–Crippen LogP) is 2.30. The Hall–Kier alpha value is -2.45. The largest absolute Gasteiger partial charge is 0.464 e. The van der Waals surface area contributed by atoms with Gasteiger partial charge >= 0.3 is 0 Å². The van der Waals surface area contributed by atoms with Gasteiger partial charge in [-0.3, -0.25) is 14.5 Å². The van der Waals surface area contributed by atoms with E-state index in [1.54, 1.807) is 6.26 Å². The zero-order valence-electron chi connectivity index (χ0n) is 14.8. The van der Waals surface area contributed by atoms with Crippen LogP contribution in [0.15, 0.2) is 33.0 Å². The summed E-state index contributed by atoms with van der Waals surface area (Å²) in [6.07, 6.45) is 3.69. The summed E-state index contributed by atoms with van der Waals surface area (Å²) in [6, 6.07) is 3.65. The third-order valence-corrected chi connectivity index (χ3v) is 6.14. The van der Waals surface area contributed by atoms with E-state index in [1.807, 2.05) is 22.4 Å². The second kappa shape index (κ2) is 6.61. The Morgan fingerprint density at radius 2 is 2.11 bits per heavy atom. The zero-order valence-corrected chi connectivity index (χ0v) is 15.6. The van der Waals surface area contributed by atoms with Crippen molar-refractivity contribution in [3.8, 4) is 11.3 Å². The number of nitrogens with zero attached hydrogens (tertiary/aromatic N) is 3. The smallest absolute Gasteiger partial charge is 0.260 e. The number of piperazine rings is 1. The molecule has 1 aliphatic carbocycles. The van der Waals surface area contributed by atoms with Crippen molar-refractivity contribution in [3.63, 3.8) is 0 Å². The molecule has 0 atom stereocenters. The number of rotatable bonds is 4. The molecule has 3 aromatic rings. The number of amides is 1. The highest BCUT2D eigenvalue weighted by Gasteiger charge is 2.34. The first kappa shape index (κ1) is 16.7. The van der Waals surface area contributed by atoms with Gasteiger partial charge in [-0.2, -0.15) is 0 Å². The molecule has 4 heterocycles. The summed E-state index contributed by atoms with van der Waals surface area (Å²) in [4.78, 5) is 37.3. The summed E-state index contributed by atoms with van der Waals surface area (Å²) in [5.41, 5.74) is 0.651. The number of hydrogen-bond donors (Lipinski definition) is 1. The molecule has 5 rings (SSSR count). The second-order valence-corrected chi connectivity index (χ2v) is 8.05. The lowest BCUT2D eigenvalue weighted by molar-refractivity contribution is -0.134. The highest BCUT2D eigenvalue weighted by Crippen LogP contribution is 2.32. The lowest BCUT2D eigenvalue weighted by Crippen LogP contribution is -2.49. The van der Waals surface area contributed by atoms with Crippen LogP contribution in [0.4, 0.5) is 0 Å². The van der Waals surface area contributed by atoms with E-state index in [0.29, 0.717) is 29.4 Å². The van der Waals surface area contributed by atoms with E-state index < -0.39 is 0 Å². The van der Waals surface area contributed by atoms with Crippen LogP contribution in [0.25, 0.3) is 21.5 Å². The fraction of sp³-hybridized carbons (Fsp3) is 0.421. The molecule has 1 aliphatic heterocycles. The number of hydrogen-bond acceptors (Lipinski definition) is 6. The Balaban J connectivity index is 1.31. The Bertz CT molecular complexity index is 1030. The molecule has 0 spiro atoms. The maximum atomic E-state index is 12.6. The van der Waals surface area contributed by atoms with Crippen LogP contribution in [0.3, 0.4) is 0 Å². The van der Waals surface area contributed by atoms with Gasteiger partial charge in [-0.05, 0) is 25.0 Å². The predicted molar refractivity (Wildman–Crippen MR) is 103 cm³/mol. The van der Waals surface area contributed by atoms with Crippen molar-refractivity contribution < 1.29 is 9.21 Å². The van der Waals surface area contributed by atoms with Crippen LogP contribution in [-0.4, -0.2) is 51.9 Å². The van der Waals surface area contributed by atoms with Gasteiger partial charge in [-0.1, -0.05) is 0 Å². The Kier molecular flexibility index (Phi) is 4.09. The molecule has 0 bridgehead atoms. The van der Waals surface area contributed by atoms with E-state index in [-0.39, 0.29) is 11.5 Å². The topological polar surface area (TPSA) is 82.4 Å². The van der Waals surface area contributed by atoms with Crippen molar-refractivity contribution in [3.05, 3.63) is 40.0 Å². The Labute approximate surface area is 159 Å². The molecule has 27 heavy (non-hydrogen) atoms. The molecule has 1 N–H and O–H groups in total. The molecule has 2 aliphatic rings. The fourth-order valence-corrected chi connectivity index (χ4v) is 4.56. The van der Waals surface area contributed by atoms with Gasteiger partial charge in [-0.15, -0.1) is 11.3 Å². The van der Waals surface area contributed by atoms with Crippen LogP contribution in [0, 0.1) is 5.92 Å². The SMILES string of the molecule is O=C(C1CC1)N1CCN(Cc2nc3scc(-c4ccco4)c3c(=O)[nH]2)CC1. The van der Waals surface area contributed by atoms with E-state index in [0.717, 1.165) is 49.4 Å². The number of furan rings is 1. The minimum atomic E-state index is -0.134. The molecule has 1 saturated heterocycles. The molecule has 8 heteroatoms. The molecule has 1 amide bonds. The molecule has 140 valence electrons. The van der Waals surface area contributed by atoms with Crippen LogP contribution in [0.1, 0.15) is 18.7 Å². The lowest BCUT2D eigenvalue weighted by atomic mass is 10.2. The summed E-state index contributed by atoms with van der Waals surface area (Å²) >= 11 is 1.45.